The van der Waals surface area contributed by atoms with Gasteiger partial charge in [-0.2, -0.15) is 0 Å². The van der Waals surface area contributed by atoms with Crippen LogP contribution in [-0.2, 0) is 25.7 Å². The summed E-state index contributed by atoms with van der Waals surface area (Å²) in [5.41, 5.74) is 7.12. The minimum absolute atomic E-state index is 0.0454. The highest BCUT2D eigenvalue weighted by Gasteiger charge is 2.38. The molecule has 3 aromatic carbocycles. The Morgan fingerprint density at radius 2 is 1.49 bits per heavy atom. The zero-order valence-corrected chi connectivity index (χ0v) is 30.1. The number of carboxylic acids is 2. The second-order valence-electron chi connectivity index (χ2n) is 13.7. The van der Waals surface area contributed by atoms with Crippen molar-refractivity contribution in [3.63, 3.8) is 0 Å². The standard InChI is InChI=1S/C33H28Cl2N2O5.C6H15N/c34-23-15-22(32(38)39)27(35)26(33(40)41)25(23)24-20-13-16-5-1-9-36-11-3-7-18(28(16)36)30(20)42-31-19-8-4-12-37-10-2-6-17(29(19)37)14-21(24)31;1-4-7(5-2)6-3/h13-15H,1-12H2,(H-,38,39,40,41);4-6H2,1-3H3/p+2. The SMILES string of the molecule is CC[NH+](CC)CC.O=C(O)c1cc(Cl)c(C2=c3cc4c5c(c3Oc3c2cc2c6c3CCCN6CCC2)CCC[N+]=5CCC4)c(C(=O)O)c1Cl. The lowest BCUT2D eigenvalue weighted by molar-refractivity contribution is -0.894. The van der Waals surface area contributed by atoms with Crippen molar-refractivity contribution in [1.29, 1.82) is 0 Å². The van der Waals surface area contributed by atoms with Gasteiger partial charge in [0.15, 0.2) is 0 Å². The molecule has 0 saturated carbocycles. The van der Waals surface area contributed by atoms with E-state index in [1.54, 1.807) is 4.90 Å². The van der Waals surface area contributed by atoms with Gasteiger partial charge in [0, 0.05) is 64.7 Å². The van der Waals surface area contributed by atoms with Gasteiger partial charge in [-0.25, -0.2) is 14.2 Å². The number of halogens is 2. The molecule has 0 atom stereocenters. The Kier molecular flexibility index (Phi) is 9.41. The van der Waals surface area contributed by atoms with Crippen molar-refractivity contribution < 1.29 is 29.4 Å². The number of aromatic carboxylic acids is 2. The predicted molar refractivity (Wildman–Crippen MR) is 193 cm³/mol. The summed E-state index contributed by atoms with van der Waals surface area (Å²) in [5.74, 6) is -1.13. The Morgan fingerprint density at radius 1 is 0.837 bits per heavy atom. The van der Waals surface area contributed by atoms with Crippen LogP contribution in [0.5, 0.6) is 11.5 Å². The fourth-order valence-corrected chi connectivity index (χ4v) is 9.37. The average Bonchev–Trinajstić information content (AvgIpc) is 3.10. The van der Waals surface area contributed by atoms with E-state index in [1.165, 1.54) is 47.9 Å². The average molecular weight is 707 g/mol. The van der Waals surface area contributed by atoms with Crippen molar-refractivity contribution >= 4 is 46.4 Å². The van der Waals surface area contributed by atoms with E-state index >= 15 is 0 Å². The molecular formula is C39H45Cl2N3O5+2. The van der Waals surface area contributed by atoms with Crippen molar-refractivity contribution in [2.24, 2.45) is 0 Å². The van der Waals surface area contributed by atoms with Gasteiger partial charge in [-0.3, -0.25) is 0 Å². The lowest BCUT2D eigenvalue weighted by Gasteiger charge is -2.39. The fourth-order valence-electron chi connectivity index (χ4n) is 8.76. The third-order valence-electron chi connectivity index (χ3n) is 11.1. The largest absolute Gasteiger partial charge is 0.478 e. The van der Waals surface area contributed by atoms with Crippen molar-refractivity contribution in [2.75, 3.05) is 50.7 Å². The minimum Gasteiger partial charge on any atom is -0.478 e. The maximum Gasteiger partial charge on any atom is 0.337 e. The maximum absolute atomic E-state index is 12.9. The lowest BCUT2D eigenvalue weighted by Crippen LogP contribution is -3.11. The van der Waals surface area contributed by atoms with E-state index in [1.807, 2.05) is 0 Å². The number of nitrogens with one attached hydrogen (secondary N) is 1. The van der Waals surface area contributed by atoms with E-state index in [-0.39, 0.29) is 26.7 Å². The maximum atomic E-state index is 12.9. The van der Waals surface area contributed by atoms with E-state index in [9.17, 15) is 19.8 Å². The highest BCUT2D eigenvalue weighted by atomic mass is 35.5. The van der Waals surface area contributed by atoms with Crippen LogP contribution in [0.15, 0.2) is 18.2 Å². The van der Waals surface area contributed by atoms with Crippen LogP contribution in [0.1, 0.15) is 101 Å². The van der Waals surface area contributed by atoms with E-state index in [0.717, 1.165) is 111 Å². The Morgan fingerprint density at radius 3 is 2.14 bits per heavy atom. The first-order valence-electron chi connectivity index (χ1n) is 17.9. The van der Waals surface area contributed by atoms with Crippen LogP contribution in [0.3, 0.4) is 0 Å². The molecule has 0 aromatic heterocycles. The summed E-state index contributed by atoms with van der Waals surface area (Å²) < 4.78 is 9.47. The molecule has 3 N–H and O–H groups in total. The molecule has 10 heteroatoms. The third-order valence-corrected chi connectivity index (χ3v) is 11.8. The number of hydrogen-bond acceptors (Lipinski definition) is 4. The van der Waals surface area contributed by atoms with Gasteiger partial charge in [0.25, 0.3) is 0 Å². The molecule has 8 nitrogen and oxygen atoms in total. The number of aryl methyl sites for hydroxylation is 2. The molecule has 0 aliphatic carbocycles. The molecule has 8 rings (SSSR count). The van der Waals surface area contributed by atoms with Crippen LogP contribution in [-0.4, -0.2) is 68.0 Å². The van der Waals surface area contributed by atoms with Crippen molar-refractivity contribution in [2.45, 2.75) is 72.1 Å². The van der Waals surface area contributed by atoms with E-state index < -0.39 is 11.9 Å². The summed E-state index contributed by atoms with van der Waals surface area (Å²) in [4.78, 5) is 29.0. The molecule has 5 aliphatic heterocycles. The number of ether oxygens (including phenoxy) is 1. The van der Waals surface area contributed by atoms with Crippen molar-refractivity contribution in [3.05, 3.63) is 83.3 Å². The molecule has 0 radical (unpaired) electrons. The minimum atomic E-state index is -1.33. The third kappa shape index (κ3) is 5.70. The topological polar surface area (TPSA) is 94.5 Å². The summed E-state index contributed by atoms with van der Waals surface area (Å²) >= 11 is 13.5. The van der Waals surface area contributed by atoms with Crippen LogP contribution in [0.25, 0.3) is 5.57 Å². The summed E-state index contributed by atoms with van der Waals surface area (Å²) in [5, 5.41) is 22.1. The molecule has 5 aliphatic rings. The number of hydrogen-bond donors (Lipinski definition) is 3. The normalized spacial score (nSPS) is 16.9. The Hall–Kier alpha value is -3.59. The first-order chi connectivity index (χ1) is 23.7. The summed E-state index contributed by atoms with van der Waals surface area (Å²) in [7, 11) is 0. The number of anilines is 1. The first-order valence-corrected chi connectivity index (χ1v) is 18.7. The van der Waals surface area contributed by atoms with Crippen molar-refractivity contribution in [1.82, 2.24) is 4.58 Å². The molecule has 0 bridgehead atoms. The lowest BCUT2D eigenvalue weighted by atomic mass is 9.81. The van der Waals surface area contributed by atoms with Crippen molar-refractivity contribution in [3.8, 4) is 11.5 Å². The van der Waals surface area contributed by atoms with Crippen LogP contribution in [0.2, 0.25) is 10.0 Å². The summed E-state index contributed by atoms with van der Waals surface area (Å²) in [6.07, 6.45) is 7.71. The number of fused-ring (bicyclic) bond motifs is 4. The molecule has 0 fully saturated rings. The molecule has 3 aromatic rings. The van der Waals surface area contributed by atoms with E-state index in [4.69, 9.17) is 27.9 Å². The van der Waals surface area contributed by atoms with Gasteiger partial charge >= 0.3 is 11.9 Å². The van der Waals surface area contributed by atoms with Gasteiger partial charge in [0.2, 0.25) is 5.36 Å². The fraction of sp³-hybridized carbons (Fsp3) is 0.462. The monoisotopic (exact) mass is 705 g/mol. The Labute approximate surface area is 297 Å². The Balaban J connectivity index is 0.000000491. The Bertz CT molecular complexity index is 2010. The number of nitrogens with zero attached hydrogens (tertiary/aromatic N) is 2. The molecule has 0 amide bonds. The number of rotatable bonds is 6. The second kappa shape index (κ2) is 13.6. The quantitative estimate of drug-likeness (QED) is 0.251. The van der Waals surface area contributed by atoms with E-state index in [2.05, 4.69) is 42.4 Å². The van der Waals surface area contributed by atoms with Gasteiger partial charge in [-0.1, -0.05) is 23.2 Å². The molecule has 258 valence electrons. The highest BCUT2D eigenvalue weighted by molar-refractivity contribution is 6.40. The predicted octanol–water partition coefficient (Wildman–Crippen LogP) is 4.76. The zero-order chi connectivity index (χ0) is 34.6. The van der Waals surface area contributed by atoms with Gasteiger partial charge in [-0.15, -0.1) is 0 Å². The molecule has 0 spiro atoms. The van der Waals surface area contributed by atoms with Gasteiger partial charge < -0.3 is 24.7 Å². The van der Waals surface area contributed by atoms with Crippen LogP contribution in [0, 0.1) is 0 Å². The molecule has 0 unspecified atom stereocenters. The number of benzene rings is 3. The number of carbonyl (C=O) groups is 2. The summed E-state index contributed by atoms with van der Waals surface area (Å²) in [6, 6.07) is 5.59. The molecule has 5 heterocycles. The molecule has 0 saturated heterocycles. The van der Waals surface area contributed by atoms with Gasteiger partial charge in [0.05, 0.1) is 46.4 Å². The van der Waals surface area contributed by atoms with Crippen LogP contribution < -0.4 is 29.7 Å². The number of quaternary nitrogens is 1. The van der Waals surface area contributed by atoms with Crippen LogP contribution >= 0.6 is 23.2 Å². The van der Waals surface area contributed by atoms with Crippen LogP contribution in [0.4, 0.5) is 5.69 Å². The summed E-state index contributed by atoms with van der Waals surface area (Å²) in [6.45, 7) is 14.5. The van der Waals surface area contributed by atoms with Gasteiger partial charge in [-0.05, 0) is 83.1 Å². The van der Waals surface area contributed by atoms with E-state index in [0.29, 0.717) is 5.57 Å². The first kappa shape index (κ1) is 33.9. The van der Waals surface area contributed by atoms with Gasteiger partial charge in [0.1, 0.15) is 24.6 Å². The highest BCUT2D eigenvalue weighted by Crippen LogP contribution is 2.50. The molecular weight excluding hydrogens is 661 g/mol. The number of carboxylic acid groups (broad SMARTS) is 2. The smallest absolute Gasteiger partial charge is 0.337 e. The molecule has 49 heavy (non-hydrogen) atoms. The second-order valence-corrected chi connectivity index (χ2v) is 14.5. The zero-order valence-electron chi connectivity index (χ0n) is 28.6.